The predicted octanol–water partition coefficient (Wildman–Crippen LogP) is 4.25. The number of nitrogens with zero attached hydrogens (tertiary/aromatic N) is 3. The van der Waals surface area contributed by atoms with E-state index in [9.17, 15) is 4.79 Å². The van der Waals surface area contributed by atoms with E-state index in [2.05, 4.69) is 43.2 Å². The van der Waals surface area contributed by atoms with Crippen LogP contribution in [0.5, 0.6) is 0 Å². The first-order valence-electron chi connectivity index (χ1n) is 9.61. The highest BCUT2D eigenvalue weighted by molar-refractivity contribution is 14.1. The van der Waals surface area contributed by atoms with E-state index in [0.29, 0.717) is 29.5 Å². The molecule has 29 heavy (non-hydrogen) atoms. The molecule has 3 aromatic rings. The van der Waals surface area contributed by atoms with Gasteiger partial charge in [0, 0.05) is 31.1 Å². The Morgan fingerprint density at radius 3 is 2.59 bits per heavy atom. The summed E-state index contributed by atoms with van der Waals surface area (Å²) in [5.41, 5.74) is 1.35. The number of aromatic nitrogens is 3. The minimum atomic E-state index is -0.210. The number of halogens is 1. The van der Waals surface area contributed by atoms with Gasteiger partial charge < -0.3 is 15.4 Å². The van der Waals surface area contributed by atoms with Gasteiger partial charge in [0.2, 0.25) is 5.95 Å². The number of amides is 1. The number of rotatable bonds is 5. The molecule has 150 valence electrons. The highest BCUT2D eigenvalue weighted by Gasteiger charge is 2.21. The van der Waals surface area contributed by atoms with Crippen molar-refractivity contribution in [3.8, 4) is 0 Å². The molecule has 0 atom stereocenters. The van der Waals surface area contributed by atoms with Gasteiger partial charge in [-0.15, -0.1) is 0 Å². The summed E-state index contributed by atoms with van der Waals surface area (Å²) in [6, 6.07) is 9.41. The Hall–Kier alpha value is -2.33. The van der Waals surface area contributed by atoms with Crippen molar-refractivity contribution >= 4 is 51.2 Å². The van der Waals surface area contributed by atoms with Crippen molar-refractivity contribution in [2.24, 2.45) is 0 Å². The average molecular weight is 503 g/mol. The molecule has 0 unspecified atom stereocenters. The van der Waals surface area contributed by atoms with Crippen molar-refractivity contribution in [1.29, 1.82) is 0 Å². The van der Waals surface area contributed by atoms with E-state index in [4.69, 9.17) is 9.72 Å². The van der Waals surface area contributed by atoms with Gasteiger partial charge in [-0.1, -0.05) is 18.2 Å². The standard InChI is InChI=1S/C21H22IN5O2/c1-29-15-9-7-14(8-10-15)25-21-24-11-16-18(26-21)17(22)12-23-19(16)27-20(28)13-5-3-2-4-6-13/h2-6,11-12,14-15H,7-10H2,1H3,(H,23,27,28)(H,24,25,26). The number of benzene rings is 1. The predicted molar refractivity (Wildman–Crippen MR) is 121 cm³/mol. The van der Waals surface area contributed by atoms with Gasteiger partial charge in [0.15, 0.2) is 0 Å². The quantitative estimate of drug-likeness (QED) is 0.507. The summed E-state index contributed by atoms with van der Waals surface area (Å²) >= 11 is 2.21. The fraction of sp³-hybridized carbons (Fsp3) is 0.333. The maximum atomic E-state index is 12.5. The van der Waals surface area contributed by atoms with E-state index >= 15 is 0 Å². The van der Waals surface area contributed by atoms with E-state index < -0.39 is 0 Å². The molecule has 2 heterocycles. The molecule has 1 aliphatic rings. The molecule has 2 N–H and O–H groups in total. The molecule has 0 radical (unpaired) electrons. The highest BCUT2D eigenvalue weighted by atomic mass is 127. The van der Waals surface area contributed by atoms with Crippen LogP contribution < -0.4 is 10.6 Å². The third kappa shape index (κ3) is 4.64. The molecule has 7 nitrogen and oxygen atoms in total. The van der Waals surface area contributed by atoms with Crippen LogP contribution >= 0.6 is 22.6 Å². The van der Waals surface area contributed by atoms with Crippen molar-refractivity contribution < 1.29 is 9.53 Å². The zero-order chi connectivity index (χ0) is 20.2. The lowest BCUT2D eigenvalue weighted by Crippen LogP contribution is -2.29. The third-order valence-corrected chi connectivity index (χ3v) is 5.98. The normalized spacial score (nSPS) is 19.1. The van der Waals surface area contributed by atoms with Gasteiger partial charge in [0.25, 0.3) is 5.91 Å². The average Bonchev–Trinajstić information content (AvgIpc) is 2.77. The van der Waals surface area contributed by atoms with Crippen molar-refractivity contribution in [2.45, 2.75) is 37.8 Å². The van der Waals surface area contributed by atoms with Gasteiger partial charge in [0.05, 0.1) is 20.6 Å². The number of carbonyl (C=O) groups excluding carboxylic acids is 1. The van der Waals surface area contributed by atoms with Crippen molar-refractivity contribution in [2.75, 3.05) is 17.7 Å². The Balaban J connectivity index is 1.54. The van der Waals surface area contributed by atoms with E-state index in [0.717, 1.165) is 40.2 Å². The van der Waals surface area contributed by atoms with Crippen LogP contribution in [0.25, 0.3) is 10.9 Å². The maximum Gasteiger partial charge on any atom is 0.256 e. The van der Waals surface area contributed by atoms with Crippen LogP contribution in [-0.4, -0.2) is 40.1 Å². The van der Waals surface area contributed by atoms with E-state index in [-0.39, 0.29) is 5.91 Å². The smallest absolute Gasteiger partial charge is 0.256 e. The summed E-state index contributed by atoms with van der Waals surface area (Å²) in [6.45, 7) is 0. The Kier molecular flexibility index (Phi) is 6.19. The monoisotopic (exact) mass is 503 g/mol. The number of carbonyl (C=O) groups is 1. The van der Waals surface area contributed by atoms with E-state index in [1.165, 1.54) is 0 Å². The van der Waals surface area contributed by atoms with Crippen molar-refractivity contribution in [3.05, 3.63) is 51.9 Å². The van der Waals surface area contributed by atoms with E-state index in [1.807, 2.05) is 18.2 Å². The Morgan fingerprint density at radius 1 is 1.10 bits per heavy atom. The summed E-state index contributed by atoms with van der Waals surface area (Å²) in [7, 11) is 1.77. The number of nitrogens with one attached hydrogen (secondary N) is 2. The summed E-state index contributed by atoms with van der Waals surface area (Å²) in [5, 5.41) is 7.03. The first-order chi connectivity index (χ1) is 14.1. The SMILES string of the molecule is COC1CCC(Nc2ncc3c(NC(=O)c4ccccc4)ncc(I)c3n2)CC1. The molecule has 0 spiro atoms. The molecular weight excluding hydrogens is 481 g/mol. The second kappa shape index (κ2) is 9.00. The summed E-state index contributed by atoms with van der Waals surface area (Å²) in [5.74, 6) is 0.849. The lowest BCUT2D eigenvalue weighted by Gasteiger charge is -2.28. The molecule has 2 aromatic heterocycles. The molecule has 1 fully saturated rings. The fourth-order valence-electron chi connectivity index (χ4n) is 3.55. The molecule has 8 heteroatoms. The lowest BCUT2D eigenvalue weighted by atomic mass is 9.93. The molecule has 1 saturated carbocycles. The first-order valence-corrected chi connectivity index (χ1v) is 10.7. The van der Waals surface area contributed by atoms with Crippen LogP contribution in [0.15, 0.2) is 42.7 Å². The number of methoxy groups -OCH3 is 1. The molecule has 0 saturated heterocycles. The zero-order valence-corrected chi connectivity index (χ0v) is 18.2. The molecule has 0 aliphatic heterocycles. The molecule has 1 aromatic carbocycles. The Bertz CT molecular complexity index is 1010. The number of ether oxygens (including phenoxy) is 1. The maximum absolute atomic E-state index is 12.5. The van der Waals surface area contributed by atoms with Gasteiger partial charge in [-0.25, -0.2) is 15.0 Å². The topological polar surface area (TPSA) is 89.0 Å². The van der Waals surface area contributed by atoms with Gasteiger partial charge in [-0.2, -0.15) is 0 Å². The number of anilines is 2. The Labute approximate surface area is 182 Å². The van der Waals surface area contributed by atoms with Crippen LogP contribution in [0.4, 0.5) is 11.8 Å². The van der Waals surface area contributed by atoms with E-state index in [1.54, 1.807) is 31.6 Å². The molecule has 1 aliphatic carbocycles. The summed E-state index contributed by atoms with van der Waals surface area (Å²) in [4.78, 5) is 26.1. The second-order valence-electron chi connectivity index (χ2n) is 7.08. The fourth-order valence-corrected chi connectivity index (χ4v) is 4.10. The summed E-state index contributed by atoms with van der Waals surface area (Å²) < 4.78 is 6.34. The van der Waals surface area contributed by atoms with Gasteiger partial charge in [-0.05, 0) is 60.4 Å². The molecular formula is C21H22IN5O2. The molecule has 0 bridgehead atoms. The Morgan fingerprint density at radius 2 is 1.86 bits per heavy atom. The lowest BCUT2D eigenvalue weighted by molar-refractivity contribution is 0.0681. The zero-order valence-electron chi connectivity index (χ0n) is 16.1. The second-order valence-corrected chi connectivity index (χ2v) is 8.25. The molecule has 1 amide bonds. The van der Waals surface area contributed by atoms with Crippen LogP contribution in [0.2, 0.25) is 0 Å². The number of hydrogen-bond donors (Lipinski definition) is 2. The number of pyridine rings is 1. The van der Waals surface area contributed by atoms with Crippen LogP contribution in [-0.2, 0) is 4.74 Å². The third-order valence-electron chi connectivity index (χ3n) is 5.19. The largest absolute Gasteiger partial charge is 0.381 e. The minimum absolute atomic E-state index is 0.210. The minimum Gasteiger partial charge on any atom is -0.381 e. The van der Waals surface area contributed by atoms with Crippen molar-refractivity contribution in [3.63, 3.8) is 0 Å². The number of fused-ring (bicyclic) bond motifs is 1. The highest BCUT2D eigenvalue weighted by Crippen LogP contribution is 2.27. The van der Waals surface area contributed by atoms with Crippen LogP contribution in [0.1, 0.15) is 36.0 Å². The first kappa shape index (κ1) is 20.0. The van der Waals surface area contributed by atoms with Gasteiger partial charge in [-0.3, -0.25) is 4.79 Å². The number of hydrogen-bond acceptors (Lipinski definition) is 6. The summed E-state index contributed by atoms with van der Waals surface area (Å²) in [6.07, 6.45) is 7.94. The van der Waals surface area contributed by atoms with Crippen LogP contribution in [0.3, 0.4) is 0 Å². The van der Waals surface area contributed by atoms with Crippen LogP contribution in [0, 0.1) is 3.57 Å². The van der Waals surface area contributed by atoms with Crippen molar-refractivity contribution in [1.82, 2.24) is 15.0 Å². The van der Waals surface area contributed by atoms with Gasteiger partial charge >= 0.3 is 0 Å². The van der Waals surface area contributed by atoms with Gasteiger partial charge in [0.1, 0.15) is 5.82 Å². The molecule has 4 rings (SSSR count).